The highest BCUT2D eigenvalue weighted by molar-refractivity contribution is 5.88. The minimum Gasteiger partial charge on any atom is -0.368 e. The smallest absolute Gasteiger partial charge is 0.221 e. The van der Waals surface area contributed by atoms with Crippen molar-refractivity contribution in [3.63, 3.8) is 0 Å². The van der Waals surface area contributed by atoms with Crippen molar-refractivity contribution in [3.8, 4) is 11.4 Å². The van der Waals surface area contributed by atoms with Crippen LogP contribution in [0.3, 0.4) is 0 Å². The summed E-state index contributed by atoms with van der Waals surface area (Å²) in [6, 6.07) is 21.5. The third-order valence-corrected chi connectivity index (χ3v) is 4.29. The molecule has 0 atom stereocenters. The lowest BCUT2D eigenvalue weighted by Crippen LogP contribution is -2.09. The maximum Gasteiger partial charge on any atom is 0.221 e. The van der Waals surface area contributed by atoms with Crippen molar-refractivity contribution in [1.82, 2.24) is 19.8 Å². The zero-order valence-corrected chi connectivity index (χ0v) is 15.5. The van der Waals surface area contributed by atoms with Crippen LogP contribution in [0.1, 0.15) is 12.5 Å². The Labute approximate surface area is 162 Å². The van der Waals surface area contributed by atoms with E-state index in [-0.39, 0.29) is 5.91 Å². The van der Waals surface area contributed by atoms with E-state index in [9.17, 15) is 4.79 Å². The lowest BCUT2D eigenvalue weighted by molar-refractivity contribution is -0.114. The maximum absolute atomic E-state index is 11.1. The molecule has 7 heteroatoms. The van der Waals surface area contributed by atoms with E-state index >= 15 is 0 Å². The topological polar surface area (TPSA) is 84.2 Å². The van der Waals surface area contributed by atoms with E-state index in [2.05, 4.69) is 25.9 Å². The van der Waals surface area contributed by atoms with Crippen LogP contribution in [0.5, 0.6) is 0 Å². The van der Waals surface area contributed by atoms with Gasteiger partial charge in [0.1, 0.15) is 5.82 Å². The van der Waals surface area contributed by atoms with Crippen LogP contribution in [0.15, 0.2) is 66.7 Å². The molecule has 2 aromatic heterocycles. The lowest BCUT2D eigenvalue weighted by atomic mass is 10.1. The standard InChI is InChI=1S/C21H20N6O/c1-15(28)23-18-9-7-16(8-10-18)13-14-22-19-11-12-20-24-25-21(27(20)26-19)17-5-3-2-4-6-17/h2-12H,13-14H2,1H3,(H,22,26)(H,23,28). The van der Waals surface area contributed by atoms with Gasteiger partial charge in [0, 0.05) is 24.7 Å². The average molecular weight is 372 g/mol. The molecule has 1 amide bonds. The number of carbonyl (C=O) groups excluding carboxylic acids is 1. The van der Waals surface area contributed by atoms with Crippen molar-refractivity contribution in [3.05, 3.63) is 72.3 Å². The summed E-state index contributed by atoms with van der Waals surface area (Å²) in [5.41, 5.74) is 3.66. The minimum atomic E-state index is -0.0697. The number of carbonyl (C=O) groups is 1. The highest BCUT2D eigenvalue weighted by atomic mass is 16.1. The van der Waals surface area contributed by atoms with Crippen molar-refractivity contribution in [2.45, 2.75) is 13.3 Å². The number of rotatable bonds is 6. The Morgan fingerprint density at radius 1 is 0.964 bits per heavy atom. The van der Waals surface area contributed by atoms with E-state index in [1.807, 2.05) is 66.7 Å². The summed E-state index contributed by atoms with van der Waals surface area (Å²) in [5, 5.41) is 19.2. The minimum absolute atomic E-state index is 0.0697. The van der Waals surface area contributed by atoms with Gasteiger partial charge in [0.05, 0.1) is 0 Å². The first kappa shape index (κ1) is 17.7. The molecule has 0 spiro atoms. The van der Waals surface area contributed by atoms with Gasteiger partial charge in [0.2, 0.25) is 5.91 Å². The molecule has 2 N–H and O–H groups in total. The molecular weight excluding hydrogens is 352 g/mol. The molecule has 0 bridgehead atoms. The quantitative estimate of drug-likeness (QED) is 0.542. The molecular formula is C21H20N6O. The third kappa shape index (κ3) is 3.98. The zero-order valence-electron chi connectivity index (χ0n) is 15.5. The second-order valence-electron chi connectivity index (χ2n) is 6.43. The lowest BCUT2D eigenvalue weighted by Gasteiger charge is -2.08. The van der Waals surface area contributed by atoms with Crippen LogP contribution in [0.2, 0.25) is 0 Å². The molecule has 4 aromatic rings. The average Bonchev–Trinajstić information content (AvgIpc) is 3.13. The first-order valence-corrected chi connectivity index (χ1v) is 9.07. The summed E-state index contributed by atoms with van der Waals surface area (Å²) in [5.74, 6) is 1.41. The van der Waals surface area contributed by atoms with Crippen molar-refractivity contribution >= 4 is 23.1 Å². The monoisotopic (exact) mass is 372 g/mol. The van der Waals surface area contributed by atoms with Gasteiger partial charge >= 0.3 is 0 Å². The molecule has 2 heterocycles. The summed E-state index contributed by atoms with van der Waals surface area (Å²) in [6.45, 7) is 2.24. The van der Waals surface area contributed by atoms with E-state index in [0.717, 1.165) is 30.0 Å². The summed E-state index contributed by atoms with van der Waals surface area (Å²) in [7, 11) is 0. The van der Waals surface area contributed by atoms with Crippen LogP contribution < -0.4 is 10.6 Å². The van der Waals surface area contributed by atoms with Crippen molar-refractivity contribution in [2.24, 2.45) is 0 Å². The van der Waals surface area contributed by atoms with Crippen LogP contribution >= 0.6 is 0 Å². The number of amides is 1. The van der Waals surface area contributed by atoms with Gasteiger partial charge in [-0.25, -0.2) is 0 Å². The second-order valence-corrected chi connectivity index (χ2v) is 6.43. The largest absolute Gasteiger partial charge is 0.368 e. The van der Waals surface area contributed by atoms with Crippen molar-refractivity contribution in [1.29, 1.82) is 0 Å². The zero-order chi connectivity index (χ0) is 19.3. The van der Waals surface area contributed by atoms with Gasteiger partial charge < -0.3 is 10.6 Å². The molecule has 0 fully saturated rings. The SMILES string of the molecule is CC(=O)Nc1ccc(CCNc2ccc3nnc(-c4ccccc4)n3n2)cc1. The molecule has 0 radical (unpaired) electrons. The Bertz CT molecular complexity index is 1090. The molecule has 0 saturated carbocycles. The van der Waals surface area contributed by atoms with Gasteiger partial charge in [0.15, 0.2) is 11.5 Å². The second kappa shape index (κ2) is 7.87. The Kier molecular flexibility index (Phi) is 4.97. The van der Waals surface area contributed by atoms with Crippen molar-refractivity contribution in [2.75, 3.05) is 17.2 Å². The number of benzene rings is 2. The first-order chi connectivity index (χ1) is 13.7. The fourth-order valence-electron chi connectivity index (χ4n) is 2.94. The Morgan fingerprint density at radius 2 is 1.75 bits per heavy atom. The summed E-state index contributed by atoms with van der Waals surface area (Å²) in [6.07, 6.45) is 0.841. The number of fused-ring (bicyclic) bond motifs is 1. The van der Waals surface area contributed by atoms with Crippen LogP contribution in [-0.2, 0) is 11.2 Å². The first-order valence-electron chi connectivity index (χ1n) is 9.07. The maximum atomic E-state index is 11.1. The van der Waals surface area contributed by atoms with E-state index < -0.39 is 0 Å². The van der Waals surface area contributed by atoms with Crippen LogP contribution in [0, 0.1) is 0 Å². The van der Waals surface area contributed by atoms with Crippen molar-refractivity contribution < 1.29 is 4.79 Å². The van der Waals surface area contributed by atoms with Gasteiger partial charge in [-0.2, -0.15) is 4.52 Å². The third-order valence-electron chi connectivity index (χ3n) is 4.29. The molecule has 7 nitrogen and oxygen atoms in total. The molecule has 0 unspecified atom stereocenters. The summed E-state index contributed by atoms with van der Waals surface area (Å²) >= 11 is 0. The Hall–Kier alpha value is -3.74. The van der Waals surface area contributed by atoms with Crippen LogP contribution in [0.25, 0.3) is 17.0 Å². The van der Waals surface area contributed by atoms with E-state index in [4.69, 9.17) is 0 Å². The molecule has 0 aliphatic carbocycles. The molecule has 0 aliphatic heterocycles. The molecule has 140 valence electrons. The van der Waals surface area contributed by atoms with Crippen LogP contribution in [0.4, 0.5) is 11.5 Å². The normalized spacial score (nSPS) is 10.8. The predicted molar refractivity (Wildman–Crippen MR) is 109 cm³/mol. The number of aromatic nitrogens is 4. The summed E-state index contributed by atoms with van der Waals surface area (Å²) < 4.78 is 1.75. The van der Waals surface area contributed by atoms with E-state index in [1.54, 1.807) is 4.52 Å². The van der Waals surface area contributed by atoms with Gasteiger partial charge in [-0.05, 0) is 36.2 Å². The van der Waals surface area contributed by atoms with E-state index in [1.165, 1.54) is 12.5 Å². The van der Waals surface area contributed by atoms with Gasteiger partial charge in [-0.3, -0.25) is 4.79 Å². The molecule has 2 aromatic carbocycles. The van der Waals surface area contributed by atoms with Crippen LogP contribution in [-0.4, -0.2) is 32.3 Å². The highest BCUT2D eigenvalue weighted by Gasteiger charge is 2.09. The molecule has 28 heavy (non-hydrogen) atoms. The highest BCUT2D eigenvalue weighted by Crippen LogP contribution is 2.18. The fraction of sp³-hybridized carbons (Fsp3) is 0.143. The van der Waals surface area contributed by atoms with Gasteiger partial charge in [-0.15, -0.1) is 15.3 Å². The van der Waals surface area contributed by atoms with Gasteiger partial charge in [0.25, 0.3) is 0 Å². The molecule has 4 rings (SSSR count). The molecule has 0 saturated heterocycles. The fourth-order valence-corrected chi connectivity index (χ4v) is 2.94. The number of hydrogen-bond acceptors (Lipinski definition) is 5. The number of anilines is 2. The Morgan fingerprint density at radius 3 is 2.50 bits per heavy atom. The Balaban J connectivity index is 1.43. The number of nitrogens with zero attached hydrogens (tertiary/aromatic N) is 4. The van der Waals surface area contributed by atoms with Gasteiger partial charge in [-0.1, -0.05) is 42.5 Å². The number of hydrogen-bond donors (Lipinski definition) is 2. The predicted octanol–water partition coefficient (Wildman–Crippen LogP) is 3.40. The van der Waals surface area contributed by atoms with E-state index in [0.29, 0.717) is 11.5 Å². The molecule has 0 aliphatic rings. The number of nitrogens with one attached hydrogen (secondary N) is 2. The summed E-state index contributed by atoms with van der Waals surface area (Å²) in [4.78, 5) is 11.1.